The SMILES string of the molecule is CN=C(NCCNC(=O)C(C)C)NC1CCC(C)(C)CC1.I. The van der Waals surface area contributed by atoms with E-state index in [9.17, 15) is 4.79 Å². The summed E-state index contributed by atoms with van der Waals surface area (Å²) in [5.41, 5.74) is 0.482. The number of hydrogen-bond donors (Lipinski definition) is 3. The lowest BCUT2D eigenvalue weighted by Crippen LogP contribution is -2.47. The van der Waals surface area contributed by atoms with Gasteiger partial charge < -0.3 is 16.0 Å². The van der Waals surface area contributed by atoms with Crippen LogP contribution >= 0.6 is 24.0 Å². The minimum absolute atomic E-state index is 0. The molecule has 0 aromatic carbocycles. The van der Waals surface area contributed by atoms with Crippen molar-refractivity contribution in [2.75, 3.05) is 20.1 Å². The van der Waals surface area contributed by atoms with E-state index < -0.39 is 0 Å². The van der Waals surface area contributed by atoms with Gasteiger partial charge in [-0.2, -0.15) is 0 Å². The lowest BCUT2D eigenvalue weighted by atomic mass is 9.75. The van der Waals surface area contributed by atoms with E-state index in [0.717, 1.165) is 5.96 Å². The largest absolute Gasteiger partial charge is 0.355 e. The predicted molar refractivity (Wildman–Crippen MR) is 104 cm³/mol. The number of nitrogens with zero attached hydrogens (tertiary/aromatic N) is 1. The van der Waals surface area contributed by atoms with Crippen LogP contribution in [0.25, 0.3) is 0 Å². The minimum Gasteiger partial charge on any atom is -0.355 e. The summed E-state index contributed by atoms with van der Waals surface area (Å²) in [6.07, 6.45) is 4.90. The molecule has 0 radical (unpaired) electrons. The number of nitrogens with one attached hydrogen (secondary N) is 3. The summed E-state index contributed by atoms with van der Waals surface area (Å²) in [6, 6.07) is 0.509. The lowest BCUT2D eigenvalue weighted by Gasteiger charge is -2.35. The molecule has 0 atom stereocenters. The molecule has 1 fully saturated rings. The quantitative estimate of drug-likeness (QED) is 0.275. The summed E-state index contributed by atoms with van der Waals surface area (Å²) < 4.78 is 0. The van der Waals surface area contributed by atoms with Gasteiger partial charge in [-0.3, -0.25) is 9.79 Å². The molecule has 0 saturated heterocycles. The van der Waals surface area contributed by atoms with Crippen LogP contribution in [0.4, 0.5) is 0 Å². The van der Waals surface area contributed by atoms with Crippen LogP contribution in [0, 0.1) is 11.3 Å². The zero-order valence-corrected chi connectivity index (χ0v) is 17.0. The van der Waals surface area contributed by atoms with E-state index in [1.165, 1.54) is 25.7 Å². The fourth-order valence-corrected chi connectivity index (χ4v) is 2.50. The minimum atomic E-state index is 0. The topological polar surface area (TPSA) is 65.5 Å². The number of hydrogen-bond acceptors (Lipinski definition) is 2. The summed E-state index contributed by atoms with van der Waals surface area (Å²) in [7, 11) is 1.79. The Balaban J connectivity index is 0.00000441. The number of aliphatic imine (C=N–C) groups is 1. The summed E-state index contributed by atoms with van der Waals surface area (Å²) in [4.78, 5) is 15.7. The maximum Gasteiger partial charge on any atom is 0.222 e. The third-order valence-electron chi connectivity index (χ3n) is 4.14. The molecule has 0 aromatic rings. The maximum atomic E-state index is 11.5. The third-order valence-corrected chi connectivity index (χ3v) is 4.14. The first-order chi connectivity index (χ1) is 9.84. The van der Waals surface area contributed by atoms with Gasteiger partial charge in [-0.25, -0.2) is 0 Å². The average Bonchev–Trinajstić information content (AvgIpc) is 2.43. The van der Waals surface area contributed by atoms with E-state index in [2.05, 4.69) is 34.8 Å². The van der Waals surface area contributed by atoms with Crippen molar-refractivity contribution < 1.29 is 4.79 Å². The van der Waals surface area contributed by atoms with Gasteiger partial charge >= 0.3 is 0 Å². The van der Waals surface area contributed by atoms with Gasteiger partial charge in [0.2, 0.25) is 5.91 Å². The summed E-state index contributed by atoms with van der Waals surface area (Å²) in [6.45, 7) is 9.79. The molecular formula is C16H33IN4O. The van der Waals surface area contributed by atoms with Crippen molar-refractivity contribution in [2.24, 2.45) is 16.3 Å². The highest BCUT2D eigenvalue weighted by Gasteiger charge is 2.27. The van der Waals surface area contributed by atoms with Gasteiger partial charge in [0.1, 0.15) is 0 Å². The van der Waals surface area contributed by atoms with Crippen LogP contribution in [0.5, 0.6) is 0 Å². The van der Waals surface area contributed by atoms with E-state index in [4.69, 9.17) is 0 Å². The second-order valence-electron chi connectivity index (χ2n) is 7.03. The van der Waals surface area contributed by atoms with Gasteiger partial charge in [-0.05, 0) is 31.1 Å². The molecule has 6 heteroatoms. The average molecular weight is 424 g/mol. The molecule has 1 rings (SSSR count). The molecule has 1 amide bonds. The molecule has 22 heavy (non-hydrogen) atoms. The van der Waals surface area contributed by atoms with Crippen molar-refractivity contribution in [2.45, 2.75) is 59.4 Å². The zero-order chi connectivity index (χ0) is 15.9. The molecule has 1 aliphatic carbocycles. The molecule has 0 aliphatic heterocycles. The van der Waals surface area contributed by atoms with Crippen LogP contribution in [-0.2, 0) is 4.79 Å². The van der Waals surface area contributed by atoms with Gasteiger partial charge in [-0.1, -0.05) is 27.7 Å². The number of guanidine groups is 1. The first kappa shape index (κ1) is 21.5. The summed E-state index contributed by atoms with van der Waals surface area (Å²) in [5, 5.41) is 9.63. The Labute approximate surface area is 152 Å². The van der Waals surface area contributed by atoms with Gasteiger partial charge in [0.05, 0.1) is 0 Å². The normalized spacial score (nSPS) is 18.5. The Morgan fingerprint density at radius 3 is 2.23 bits per heavy atom. The first-order valence-electron chi connectivity index (χ1n) is 8.09. The molecule has 0 spiro atoms. The number of carbonyl (C=O) groups excluding carboxylic acids is 1. The highest BCUT2D eigenvalue weighted by Crippen LogP contribution is 2.34. The second kappa shape index (κ2) is 10.3. The Morgan fingerprint density at radius 1 is 1.18 bits per heavy atom. The number of carbonyl (C=O) groups is 1. The first-order valence-corrected chi connectivity index (χ1v) is 8.09. The highest BCUT2D eigenvalue weighted by atomic mass is 127. The summed E-state index contributed by atoms with van der Waals surface area (Å²) >= 11 is 0. The molecule has 3 N–H and O–H groups in total. The fourth-order valence-electron chi connectivity index (χ4n) is 2.50. The van der Waals surface area contributed by atoms with E-state index in [-0.39, 0.29) is 35.8 Å². The summed E-state index contributed by atoms with van der Waals surface area (Å²) in [5.74, 6) is 0.959. The number of halogens is 1. The van der Waals surface area contributed by atoms with Crippen molar-refractivity contribution >= 4 is 35.8 Å². The molecule has 130 valence electrons. The molecular weight excluding hydrogens is 391 g/mol. The van der Waals surface area contributed by atoms with Crippen molar-refractivity contribution in [3.63, 3.8) is 0 Å². The van der Waals surface area contributed by atoms with E-state index in [1.807, 2.05) is 13.8 Å². The Kier molecular flexibility index (Phi) is 10.0. The molecule has 0 heterocycles. The van der Waals surface area contributed by atoms with Gasteiger partial charge in [0, 0.05) is 32.1 Å². The van der Waals surface area contributed by atoms with Crippen molar-refractivity contribution in [3.05, 3.63) is 0 Å². The molecule has 1 saturated carbocycles. The van der Waals surface area contributed by atoms with Gasteiger partial charge in [-0.15, -0.1) is 24.0 Å². The maximum absolute atomic E-state index is 11.5. The van der Waals surface area contributed by atoms with E-state index >= 15 is 0 Å². The Morgan fingerprint density at radius 2 is 1.73 bits per heavy atom. The monoisotopic (exact) mass is 424 g/mol. The van der Waals surface area contributed by atoms with Crippen LogP contribution < -0.4 is 16.0 Å². The Bertz CT molecular complexity index is 359. The van der Waals surface area contributed by atoms with Crippen molar-refractivity contribution in [3.8, 4) is 0 Å². The van der Waals surface area contributed by atoms with Crippen LogP contribution in [0.1, 0.15) is 53.4 Å². The Hall–Kier alpha value is -0.530. The molecule has 1 aliphatic rings. The smallest absolute Gasteiger partial charge is 0.222 e. The standard InChI is InChI=1S/C16H32N4O.HI/c1-12(2)14(21)18-10-11-19-15(17-5)20-13-6-8-16(3,4)9-7-13;/h12-13H,6-11H2,1-5H3,(H,18,21)(H2,17,19,20);1H. The van der Waals surface area contributed by atoms with Crippen LogP contribution in [-0.4, -0.2) is 38.0 Å². The molecule has 5 nitrogen and oxygen atoms in total. The number of amides is 1. The number of rotatable bonds is 5. The second-order valence-corrected chi connectivity index (χ2v) is 7.03. The van der Waals surface area contributed by atoms with Crippen LogP contribution in [0.3, 0.4) is 0 Å². The zero-order valence-electron chi connectivity index (χ0n) is 14.7. The van der Waals surface area contributed by atoms with Crippen LogP contribution in [0.15, 0.2) is 4.99 Å². The molecule has 0 unspecified atom stereocenters. The lowest BCUT2D eigenvalue weighted by molar-refractivity contribution is -0.123. The van der Waals surface area contributed by atoms with Crippen molar-refractivity contribution in [1.82, 2.24) is 16.0 Å². The van der Waals surface area contributed by atoms with Crippen molar-refractivity contribution in [1.29, 1.82) is 0 Å². The van der Waals surface area contributed by atoms with E-state index in [1.54, 1.807) is 7.05 Å². The highest BCUT2D eigenvalue weighted by molar-refractivity contribution is 14.0. The third kappa shape index (κ3) is 8.19. The molecule has 0 bridgehead atoms. The van der Waals surface area contributed by atoms with E-state index in [0.29, 0.717) is 24.5 Å². The van der Waals surface area contributed by atoms with Gasteiger partial charge in [0.25, 0.3) is 0 Å². The fraction of sp³-hybridized carbons (Fsp3) is 0.875. The molecule has 0 aromatic heterocycles. The van der Waals surface area contributed by atoms with Gasteiger partial charge in [0.15, 0.2) is 5.96 Å². The predicted octanol–water partition coefficient (Wildman–Crippen LogP) is 2.51. The van der Waals surface area contributed by atoms with Crippen LogP contribution in [0.2, 0.25) is 0 Å².